The number of carbonyl (C=O) groups excluding carboxylic acids is 2. The van der Waals surface area contributed by atoms with Gasteiger partial charge in [0, 0.05) is 15.4 Å². The maximum Gasteiger partial charge on any atom is 0.311 e. The zero-order chi connectivity index (χ0) is 24.4. The van der Waals surface area contributed by atoms with Gasteiger partial charge in [0.15, 0.2) is 17.2 Å². The molecule has 0 fully saturated rings. The highest BCUT2D eigenvalue weighted by atomic mass is 79.9. The predicted molar refractivity (Wildman–Crippen MR) is 132 cm³/mol. The van der Waals surface area contributed by atoms with E-state index in [1.165, 1.54) is 6.08 Å². The molecule has 1 aliphatic rings. The number of hydrogen-bond acceptors (Lipinski definition) is 6. The van der Waals surface area contributed by atoms with Crippen LogP contribution in [0, 0.1) is 0 Å². The summed E-state index contributed by atoms with van der Waals surface area (Å²) in [5, 5.41) is 21.2. The van der Waals surface area contributed by atoms with Gasteiger partial charge in [0.1, 0.15) is 5.70 Å². The minimum absolute atomic E-state index is 0.103. The molecule has 0 unspecified atom stereocenters. The van der Waals surface area contributed by atoms with E-state index in [-0.39, 0.29) is 24.1 Å². The smallest absolute Gasteiger partial charge is 0.311 e. The Bertz CT molecular complexity index is 1510. The first-order valence-electron chi connectivity index (χ1n) is 10.4. The summed E-state index contributed by atoms with van der Waals surface area (Å²) in [5.41, 5.74) is 1.57. The molecule has 2 amide bonds. The minimum atomic E-state index is -0.810. The van der Waals surface area contributed by atoms with Crippen LogP contribution in [0.3, 0.4) is 0 Å². The number of rotatable bonds is 5. The summed E-state index contributed by atoms with van der Waals surface area (Å²) >= 11 is 3.38. The standard InChI is InChI=1S/C25H17BrN4O5/c26-16-7-8-18-17(12-16)22(25(33)27-18)29-30-24(32)19(28-23(31)15-4-2-1-3-5-15)10-14-6-9-20-21(11-14)35-13-34-20/h1-12,27,33H,13H2,(H,28,31). The molecule has 10 heteroatoms. The summed E-state index contributed by atoms with van der Waals surface area (Å²) < 4.78 is 11.5. The Morgan fingerprint density at radius 3 is 2.66 bits per heavy atom. The van der Waals surface area contributed by atoms with E-state index in [0.717, 1.165) is 4.47 Å². The molecule has 0 spiro atoms. The molecule has 0 saturated heterocycles. The van der Waals surface area contributed by atoms with Crippen molar-refractivity contribution in [1.82, 2.24) is 10.3 Å². The fraction of sp³-hybridized carbons (Fsp3) is 0.0400. The van der Waals surface area contributed by atoms with Gasteiger partial charge in [0.05, 0.1) is 5.52 Å². The van der Waals surface area contributed by atoms with Crippen LogP contribution in [-0.2, 0) is 4.79 Å². The summed E-state index contributed by atoms with van der Waals surface area (Å²) in [6, 6.07) is 18.9. The maximum absolute atomic E-state index is 13.1. The molecule has 9 nitrogen and oxygen atoms in total. The number of fused-ring (bicyclic) bond motifs is 2. The average molecular weight is 533 g/mol. The van der Waals surface area contributed by atoms with Crippen molar-refractivity contribution >= 4 is 50.4 Å². The first-order chi connectivity index (χ1) is 17.0. The molecule has 4 aromatic rings. The molecule has 35 heavy (non-hydrogen) atoms. The van der Waals surface area contributed by atoms with E-state index < -0.39 is 11.8 Å². The normalized spacial score (nSPS) is 12.9. The van der Waals surface area contributed by atoms with Gasteiger partial charge >= 0.3 is 5.91 Å². The van der Waals surface area contributed by atoms with Gasteiger partial charge in [-0.15, -0.1) is 10.2 Å². The molecule has 0 radical (unpaired) electrons. The Morgan fingerprint density at radius 1 is 1.03 bits per heavy atom. The Kier molecular flexibility index (Phi) is 6.02. The van der Waals surface area contributed by atoms with Crippen molar-refractivity contribution in [2.24, 2.45) is 10.2 Å². The number of aromatic amines is 1. The van der Waals surface area contributed by atoms with Gasteiger partial charge < -0.3 is 24.9 Å². The van der Waals surface area contributed by atoms with Crippen LogP contribution in [0.15, 0.2) is 87.1 Å². The van der Waals surface area contributed by atoms with E-state index in [1.54, 1.807) is 66.7 Å². The van der Waals surface area contributed by atoms with Crippen LogP contribution in [0.25, 0.3) is 17.0 Å². The number of carbonyl (C=O) groups is 2. The van der Waals surface area contributed by atoms with Gasteiger partial charge in [0.2, 0.25) is 12.7 Å². The first kappa shape index (κ1) is 22.4. The number of nitrogens with zero attached hydrogens (tertiary/aromatic N) is 2. The van der Waals surface area contributed by atoms with Crippen molar-refractivity contribution in [1.29, 1.82) is 0 Å². The monoisotopic (exact) mass is 532 g/mol. The van der Waals surface area contributed by atoms with E-state index >= 15 is 0 Å². The van der Waals surface area contributed by atoms with Crippen molar-refractivity contribution in [2.75, 3.05) is 6.79 Å². The average Bonchev–Trinajstić information content (AvgIpc) is 3.45. The van der Waals surface area contributed by atoms with Crippen LogP contribution in [0.1, 0.15) is 15.9 Å². The molecule has 0 aliphatic carbocycles. The molecule has 2 heterocycles. The Morgan fingerprint density at radius 2 is 1.83 bits per heavy atom. The molecule has 3 aromatic carbocycles. The van der Waals surface area contributed by atoms with Gasteiger partial charge in [-0.2, -0.15) is 0 Å². The summed E-state index contributed by atoms with van der Waals surface area (Å²) in [7, 11) is 0. The lowest BCUT2D eigenvalue weighted by atomic mass is 10.1. The number of ether oxygens (including phenoxy) is 2. The van der Waals surface area contributed by atoms with E-state index in [1.807, 2.05) is 0 Å². The Labute approximate surface area is 207 Å². The van der Waals surface area contributed by atoms with Crippen molar-refractivity contribution in [3.8, 4) is 17.4 Å². The van der Waals surface area contributed by atoms with Gasteiger partial charge in [-0.05, 0) is 54.1 Å². The lowest BCUT2D eigenvalue weighted by Gasteiger charge is -2.07. The summed E-state index contributed by atoms with van der Waals surface area (Å²) in [6.45, 7) is 0.109. The lowest BCUT2D eigenvalue weighted by Crippen LogP contribution is -2.26. The number of nitrogens with one attached hydrogen (secondary N) is 2. The number of aromatic hydroxyl groups is 1. The van der Waals surface area contributed by atoms with Gasteiger partial charge in [-0.1, -0.05) is 40.2 Å². The predicted octanol–water partition coefficient (Wildman–Crippen LogP) is 5.45. The number of halogens is 1. The second kappa shape index (κ2) is 9.43. The maximum atomic E-state index is 13.1. The highest BCUT2D eigenvalue weighted by Crippen LogP contribution is 2.37. The molecule has 174 valence electrons. The first-order valence-corrected chi connectivity index (χ1v) is 11.2. The minimum Gasteiger partial charge on any atom is -0.493 e. The third-order valence-electron chi connectivity index (χ3n) is 5.18. The number of amides is 2. The topological polar surface area (TPSA) is 125 Å². The quantitative estimate of drug-likeness (QED) is 0.233. The molecule has 0 bridgehead atoms. The highest BCUT2D eigenvalue weighted by molar-refractivity contribution is 9.10. The fourth-order valence-electron chi connectivity index (χ4n) is 3.49. The third-order valence-corrected chi connectivity index (χ3v) is 5.67. The van der Waals surface area contributed by atoms with Gasteiger partial charge in [0.25, 0.3) is 5.91 Å². The highest BCUT2D eigenvalue weighted by Gasteiger charge is 2.18. The number of benzene rings is 3. The molecule has 5 rings (SSSR count). The molecule has 1 aliphatic heterocycles. The van der Waals surface area contributed by atoms with E-state index in [4.69, 9.17) is 9.47 Å². The molecular formula is C25H17BrN4O5. The van der Waals surface area contributed by atoms with E-state index in [9.17, 15) is 14.7 Å². The molecule has 1 aromatic heterocycles. The van der Waals surface area contributed by atoms with E-state index in [2.05, 4.69) is 36.5 Å². The molecule has 0 saturated carbocycles. The van der Waals surface area contributed by atoms with Crippen molar-refractivity contribution in [3.63, 3.8) is 0 Å². The molecule has 3 N–H and O–H groups in total. The lowest BCUT2D eigenvalue weighted by molar-refractivity contribution is -0.115. The molecular weight excluding hydrogens is 516 g/mol. The van der Waals surface area contributed by atoms with Crippen molar-refractivity contribution in [3.05, 3.63) is 88.0 Å². The third kappa shape index (κ3) is 4.78. The van der Waals surface area contributed by atoms with Crippen LogP contribution in [-0.4, -0.2) is 28.7 Å². The second-order valence-electron chi connectivity index (χ2n) is 7.51. The number of azo groups is 1. The second-order valence-corrected chi connectivity index (χ2v) is 8.42. The van der Waals surface area contributed by atoms with Crippen LogP contribution in [0.2, 0.25) is 0 Å². The SMILES string of the molecule is O=C(N=Nc1c(O)[nH]c2ccc(Br)cc12)C(=Cc1ccc2c(c1)OCO2)NC(=O)c1ccccc1. The Balaban J connectivity index is 1.48. The molecule has 0 atom stereocenters. The van der Waals surface area contributed by atoms with E-state index in [0.29, 0.717) is 33.5 Å². The summed E-state index contributed by atoms with van der Waals surface area (Å²) in [5.74, 6) is -0.417. The van der Waals surface area contributed by atoms with Gasteiger partial charge in [-0.3, -0.25) is 9.59 Å². The van der Waals surface area contributed by atoms with Crippen LogP contribution < -0.4 is 14.8 Å². The number of H-pyrrole nitrogens is 1. The van der Waals surface area contributed by atoms with Gasteiger partial charge in [-0.25, -0.2) is 0 Å². The zero-order valence-corrected chi connectivity index (χ0v) is 19.6. The Hall–Kier alpha value is -4.44. The summed E-state index contributed by atoms with van der Waals surface area (Å²) in [4.78, 5) is 28.6. The fourth-order valence-corrected chi connectivity index (χ4v) is 3.85. The van der Waals surface area contributed by atoms with Crippen molar-refractivity contribution in [2.45, 2.75) is 0 Å². The number of hydrogen-bond donors (Lipinski definition) is 3. The summed E-state index contributed by atoms with van der Waals surface area (Å²) in [6.07, 6.45) is 1.47. The van der Waals surface area contributed by atoms with Crippen molar-refractivity contribution < 1.29 is 24.2 Å². The zero-order valence-electron chi connectivity index (χ0n) is 18.0. The largest absolute Gasteiger partial charge is 0.493 e. The van der Waals surface area contributed by atoms with Crippen LogP contribution >= 0.6 is 15.9 Å². The van der Waals surface area contributed by atoms with Crippen LogP contribution in [0.4, 0.5) is 5.69 Å². The van der Waals surface area contributed by atoms with Crippen LogP contribution in [0.5, 0.6) is 17.4 Å². The number of aromatic nitrogens is 1.